The van der Waals surface area contributed by atoms with Crippen LogP contribution in [0, 0.1) is 5.41 Å². The summed E-state index contributed by atoms with van der Waals surface area (Å²) in [7, 11) is 0. The molecule has 0 aliphatic heterocycles. The number of aryl methyl sites for hydroxylation is 1. The van der Waals surface area contributed by atoms with Gasteiger partial charge in [-0.3, -0.25) is 4.79 Å². The maximum absolute atomic E-state index is 12.3. The van der Waals surface area contributed by atoms with Crippen molar-refractivity contribution in [3.63, 3.8) is 0 Å². The van der Waals surface area contributed by atoms with E-state index < -0.39 is 17.4 Å². The molecule has 0 fully saturated rings. The highest BCUT2D eigenvalue weighted by molar-refractivity contribution is 5.93. The summed E-state index contributed by atoms with van der Waals surface area (Å²) in [5, 5.41) is 0. The molecule has 1 aromatic heterocycles. The third-order valence-corrected chi connectivity index (χ3v) is 6.28. The van der Waals surface area contributed by atoms with Crippen molar-refractivity contribution in [3.8, 4) is 0 Å². The van der Waals surface area contributed by atoms with Crippen LogP contribution in [-0.4, -0.2) is 28.7 Å². The molecule has 2 rings (SSSR count). The predicted octanol–water partition coefficient (Wildman–Crippen LogP) is 8.32. The van der Waals surface area contributed by atoms with Gasteiger partial charge in [-0.05, 0) is 45.4 Å². The molecule has 2 aromatic rings. The molecule has 0 bridgehead atoms. The molecule has 0 unspecified atom stereocenters. The van der Waals surface area contributed by atoms with E-state index in [0.29, 0.717) is 5.56 Å². The average Bonchev–Trinajstić information content (AvgIpc) is 3.23. The van der Waals surface area contributed by atoms with Gasteiger partial charge in [0.2, 0.25) is 6.79 Å². The molecule has 0 saturated carbocycles. The summed E-state index contributed by atoms with van der Waals surface area (Å²) in [6, 6.07) is 5.24. The summed E-state index contributed by atoms with van der Waals surface area (Å²) in [5.41, 5.74) is 1.42. The monoisotopic (exact) mass is 522 g/mol. The van der Waals surface area contributed by atoms with Gasteiger partial charge in [0.25, 0.3) is 0 Å². The quantitative estimate of drug-likeness (QED) is 0.128. The van der Waals surface area contributed by atoms with Crippen LogP contribution >= 0.6 is 12.4 Å². The number of hydrogen-bond donors (Lipinski definition) is 1. The van der Waals surface area contributed by atoms with E-state index in [-0.39, 0.29) is 19.2 Å². The first kappa shape index (κ1) is 31.9. The van der Waals surface area contributed by atoms with Gasteiger partial charge in [0.1, 0.15) is 5.82 Å². The van der Waals surface area contributed by atoms with Gasteiger partial charge in [-0.25, -0.2) is 9.78 Å². The molecule has 1 N–H and O–H groups in total. The number of aromatic nitrogens is 2. The van der Waals surface area contributed by atoms with Crippen molar-refractivity contribution in [2.24, 2.45) is 5.41 Å². The third-order valence-electron chi connectivity index (χ3n) is 6.28. The van der Waals surface area contributed by atoms with E-state index in [2.05, 4.69) is 16.9 Å². The molecule has 0 saturated heterocycles. The average molecular weight is 523 g/mol. The fourth-order valence-corrected chi connectivity index (χ4v) is 4.05. The predicted molar refractivity (Wildman–Crippen MR) is 149 cm³/mol. The van der Waals surface area contributed by atoms with Crippen molar-refractivity contribution >= 4 is 35.4 Å². The van der Waals surface area contributed by atoms with Crippen LogP contribution in [0.2, 0.25) is 0 Å². The number of H-pyrrole nitrogens is 1. The van der Waals surface area contributed by atoms with Crippen molar-refractivity contribution in [2.45, 2.75) is 118 Å². The lowest BCUT2D eigenvalue weighted by Crippen LogP contribution is -2.24. The number of esters is 2. The standard InChI is InChI=1S/C29H46N2O4.ClH/c1-5-6-7-8-9-10-11-12-13-14-15-16-17-18-26-30-24-20-19-23(21-25(24)31-26)27(32)34-22-35-28(33)29(2,3)4;/h19-21H,5-18,22H2,1-4H3,(H,30,31);1H. The molecule has 1 aromatic carbocycles. The second kappa shape index (κ2) is 17.4. The Labute approximate surface area is 223 Å². The minimum atomic E-state index is -0.634. The molecule has 0 aliphatic carbocycles. The van der Waals surface area contributed by atoms with Gasteiger partial charge < -0.3 is 14.5 Å². The molecule has 0 amide bonds. The van der Waals surface area contributed by atoms with E-state index in [9.17, 15) is 9.59 Å². The largest absolute Gasteiger partial charge is 0.427 e. The Kier molecular flexibility index (Phi) is 15.4. The van der Waals surface area contributed by atoms with Gasteiger partial charge in [-0.15, -0.1) is 12.4 Å². The number of nitrogens with zero attached hydrogens (tertiary/aromatic N) is 1. The Morgan fingerprint density at radius 2 is 1.39 bits per heavy atom. The number of ether oxygens (including phenoxy) is 2. The smallest absolute Gasteiger partial charge is 0.341 e. The Morgan fingerprint density at radius 3 is 1.94 bits per heavy atom. The molecule has 0 atom stereocenters. The lowest BCUT2D eigenvalue weighted by atomic mass is 9.98. The number of carbonyl (C=O) groups is 2. The Hall–Kier alpha value is -2.08. The number of unbranched alkanes of at least 4 members (excludes halogenated alkanes) is 12. The second-order valence-electron chi connectivity index (χ2n) is 10.6. The fraction of sp³-hybridized carbons (Fsp3) is 0.690. The lowest BCUT2D eigenvalue weighted by Gasteiger charge is -2.16. The van der Waals surface area contributed by atoms with E-state index >= 15 is 0 Å². The van der Waals surface area contributed by atoms with E-state index in [1.807, 2.05) is 6.07 Å². The Bertz CT molecular complexity index is 904. The fourth-order valence-electron chi connectivity index (χ4n) is 4.05. The van der Waals surface area contributed by atoms with Crippen LogP contribution < -0.4 is 0 Å². The Morgan fingerprint density at radius 1 is 0.833 bits per heavy atom. The van der Waals surface area contributed by atoms with Crippen LogP contribution in [-0.2, 0) is 20.7 Å². The molecule has 0 radical (unpaired) electrons. The molecule has 7 heteroatoms. The first-order valence-corrected chi connectivity index (χ1v) is 13.6. The van der Waals surface area contributed by atoms with Crippen LogP contribution in [0.3, 0.4) is 0 Å². The van der Waals surface area contributed by atoms with Crippen LogP contribution in [0.15, 0.2) is 18.2 Å². The highest BCUT2D eigenvalue weighted by Gasteiger charge is 2.23. The molecule has 0 aliphatic rings. The van der Waals surface area contributed by atoms with Gasteiger partial charge in [-0.2, -0.15) is 0 Å². The van der Waals surface area contributed by atoms with E-state index in [1.54, 1.807) is 32.9 Å². The SMILES string of the molecule is CCCCCCCCCCCCCCCc1nc2ccc(C(=O)OCOC(=O)C(C)(C)C)cc2[nH]1.Cl. The highest BCUT2D eigenvalue weighted by Crippen LogP contribution is 2.18. The number of aromatic amines is 1. The number of imidazole rings is 1. The number of halogens is 1. The van der Waals surface area contributed by atoms with Crippen molar-refractivity contribution < 1.29 is 19.1 Å². The number of fused-ring (bicyclic) bond motifs is 1. The van der Waals surface area contributed by atoms with E-state index in [1.165, 1.54) is 77.0 Å². The zero-order valence-electron chi connectivity index (χ0n) is 22.8. The molecule has 1 heterocycles. The maximum Gasteiger partial charge on any atom is 0.341 e. The number of carbonyl (C=O) groups excluding carboxylic acids is 2. The molecular weight excluding hydrogens is 476 g/mol. The summed E-state index contributed by atoms with van der Waals surface area (Å²) < 4.78 is 10.1. The summed E-state index contributed by atoms with van der Waals surface area (Å²) >= 11 is 0. The molecule has 6 nitrogen and oxygen atoms in total. The minimum absolute atomic E-state index is 0. The van der Waals surface area contributed by atoms with Crippen molar-refractivity contribution in [1.29, 1.82) is 0 Å². The van der Waals surface area contributed by atoms with Gasteiger partial charge in [0.15, 0.2) is 0 Å². The van der Waals surface area contributed by atoms with Crippen molar-refractivity contribution in [1.82, 2.24) is 9.97 Å². The topological polar surface area (TPSA) is 81.3 Å². The first-order valence-electron chi connectivity index (χ1n) is 13.6. The summed E-state index contributed by atoms with van der Waals surface area (Å²) in [6.07, 6.45) is 18.3. The normalized spacial score (nSPS) is 11.3. The molecule has 204 valence electrons. The Balaban J connectivity index is 0.00000648. The number of rotatable bonds is 17. The highest BCUT2D eigenvalue weighted by atomic mass is 35.5. The molecule has 36 heavy (non-hydrogen) atoms. The summed E-state index contributed by atoms with van der Waals surface area (Å²) in [6.45, 7) is 7.13. The van der Waals surface area contributed by atoms with Crippen molar-refractivity contribution in [3.05, 3.63) is 29.6 Å². The zero-order chi connectivity index (χ0) is 25.5. The summed E-state index contributed by atoms with van der Waals surface area (Å²) in [4.78, 5) is 32.0. The van der Waals surface area contributed by atoms with E-state index in [4.69, 9.17) is 9.47 Å². The molecular formula is C29H47ClN2O4. The zero-order valence-corrected chi connectivity index (χ0v) is 23.6. The summed E-state index contributed by atoms with van der Waals surface area (Å²) in [5.74, 6) is 0.0149. The lowest BCUT2D eigenvalue weighted by molar-refractivity contribution is -0.161. The third kappa shape index (κ3) is 12.2. The van der Waals surface area contributed by atoms with Crippen LogP contribution in [0.5, 0.6) is 0 Å². The van der Waals surface area contributed by atoms with Gasteiger partial charge >= 0.3 is 11.9 Å². The molecule has 0 spiro atoms. The maximum atomic E-state index is 12.3. The van der Waals surface area contributed by atoms with Crippen LogP contribution in [0.25, 0.3) is 11.0 Å². The van der Waals surface area contributed by atoms with Crippen LogP contribution in [0.4, 0.5) is 0 Å². The number of hydrogen-bond acceptors (Lipinski definition) is 5. The second-order valence-corrected chi connectivity index (χ2v) is 10.6. The van der Waals surface area contributed by atoms with E-state index in [0.717, 1.165) is 29.7 Å². The first-order chi connectivity index (χ1) is 16.8. The number of benzene rings is 1. The van der Waals surface area contributed by atoms with Gasteiger partial charge in [-0.1, -0.05) is 84.0 Å². The van der Waals surface area contributed by atoms with Crippen molar-refractivity contribution in [2.75, 3.05) is 6.79 Å². The number of nitrogens with one attached hydrogen (secondary N) is 1. The minimum Gasteiger partial charge on any atom is -0.427 e. The van der Waals surface area contributed by atoms with Crippen LogP contribution in [0.1, 0.15) is 127 Å². The van der Waals surface area contributed by atoms with Gasteiger partial charge in [0.05, 0.1) is 22.0 Å². The van der Waals surface area contributed by atoms with Gasteiger partial charge in [0, 0.05) is 6.42 Å².